The summed E-state index contributed by atoms with van der Waals surface area (Å²) in [7, 11) is 0. The van der Waals surface area contributed by atoms with Gasteiger partial charge in [-0.15, -0.1) is 11.3 Å². The molecule has 4 aliphatic carbocycles. The van der Waals surface area contributed by atoms with Gasteiger partial charge in [-0.05, 0) is 83.2 Å². The van der Waals surface area contributed by atoms with Gasteiger partial charge in [-0.25, -0.2) is 0 Å². The summed E-state index contributed by atoms with van der Waals surface area (Å²) in [6.07, 6.45) is 7.73. The van der Waals surface area contributed by atoms with Gasteiger partial charge in [0.15, 0.2) is 0 Å². The van der Waals surface area contributed by atoms with Crippen LogP contribution in [0.5, 0.6) is 0 Å². The van der Waals surface area contributed by atoms with Gasteiger partial charge in [0.05, 0.1) is 6.10 Å². The molecule has 3 atom stereocenters. The monoisotopic (exact) mass is 340 g/mol. The summed E-state index contributed by atoms with van der Waals surface area (Å²) in [5, 5.41) is 13.1. The molecule has 4 bridgehead atoms. The van der Waals surface area contributed by atoms with Gasteiger partial charge in [-0.3, -0.25) is 0 Å². The Hall–Kier alpha value is 0.140. The van der Waals surface area contributed by atoms with Crippen LogP contribution >= 0.6 is 27.3 Å². The number of halogens is 1. The Labute approximate surface area is 127 Å². The standard InChI is InChI=1S/C16H21BrOS/c1-15-5-10-4-11(6-15)8-16(7-10,9-15)14(18)13-12(17)2-3-19-13/h2-3,10-11,14,18H,4-9H2,1H3. The van der Waals surface area contributed by atoms with E-state index in [9.17, 15) is 5.11 Å². The second-order valence-electron chi connectivity index (χ2n) is 7.67. The molecule has 0 spiro atoms. The molecule has 1 aromatic heterocycles. The van der Waals surface area contributed by atoms with E-state index in [2.05, 4.69) is 34.3 Å². The van der Waals surface area contributed by atoms with E-state index in [1.165, 1.54) is 38.5 Å². The van der Waals surface area contributed by atoms with Gasteiger partial charge in [0.2, 0.25) is 0 Å². The van der Waals surface area contributed by atoms with Gasteiger partial charge >= 0.3 is 0 Å². The van der Waals surface area contributed by atoms with Crippen molar-refractivity contribution >= 4 is 27.3 Å². The normalized spacial score (nSPS) is 45.6. The molecule has 1 N–H and O–H groups in total. The van der Waals surface area contributed by atoms with Gasteiger partial charge < -0.3 is 5.11 Å². The molecule has 4 aliphatic rings. The molecule has 3 unspecified atom stereocenters. The highest BCUT2D eigenvalue weighted by Crippen LogP contribution is 2.68. The first-order valence-electron chi connectivity index (χ1n) is 7.41. The number of aliphatic hydroxyl groups is 1. The highest BCUT2D eigenvalue weighted by molar-refractivity contribution is 9.10. The van der Waals surface area contributed by atoms with Gasteiger partial charge in [0.25, 0.3) is 0 Å². The lowest BCUT2D eigenvalue weighted by Gasteiger charge is -2.62. The van der Waals surface area contributed by atoms with E-state index in [0.717, 1.165) is 21.2 Å². The van der Waals surface area contributed by atoms with Crippen molar-refractivity contribution in [2.75, 3.05) is 0 Å². The largest absolute Gasteiger partial charge is 0.387 e. The molecule has 0 aliphatic heterocycles. The van der Waals surface area contributed by atoms with Crippen molar-refractivity contribution in [1.82, 2.24) is 0 Å². The van der Waals surface area contributed by atoms with E-state index in [-0.39, 0.29) is 11.5 Å². The van der Waals surface area contributed by atoms with Crippen LogP contribution in [0.3, 0.4) is 0 Å². The van der Waals surface area contributed by atoms with Crippen molar-refractivity contribution in [3.05, 3.63) is 20.8 Å². The molecule has 3 heteroatoms. The minimum atomic E-state index is -0.257. The molecule has 0 aromatic carbocycles. The molecule has 1 aromatic rings. The highest BCUT2D eigenvalue weighted by atomic mass is 79.9. The Balaban J connectivity index is 1.72. The predicted octanol–water partition coefficient (Wildman–Crippen LogP) is 5.15. The Morgan fingerprint density at radius 3 is 2.53 bits per heavy atom. The van der Waals surface area contributed by atoms with Gasteiger partial charge in [0, 0.05) is 14.8 Å². The molecule has 4 saturated carbocycles. The summed E-state index contributed by atoms with van der Waals surface area (Å²) in [5.74, 6) is 1.75. The van der Waals surface area contributed by atoms with Crippen molar-refractivity contribution in [3.8, 4) is 0 Å². The van der Waals surface area contributed by atoms with Gasteiger partial charge in [-0.2, -0.15) is 0 Å². The van der Waals surface area contributed by atoms with E-state index < -0.39 is 0 Å². The van der Waals surface area contributed by atoms with E-state index in [0.29, 0.717) is 5.41 Å². The smallest absolute Gasteiger partial charge is 0.0949 e. The molecule has 0 radical (unpaired) electrons. The Morgan fingerprint density at radius 1 is 1.32 bits per heavy atom. The number of aliphatic hydroxyl groups excluding tert-OH is 1. The van der Waals surface area contributed by atoms with E-state index in [1.807, 2.05) is 0 Å². The zero-order chi connectivity index (χ0) is 13.3. The van der Waals surface area contributed by atoms with Crippen LogP contribution in [-0.2, 0) is 0 Å². The molecule has 0 amide bonds. The maximum Gasteiger partial charge on any atom is 0.0949 e. The fourth-order valence-electron chi connectivity index (χ4n) is 5.90. The Kier molecular flexibility index (Phi) is 2.76. The molecule has 5 rings (SSSR count). The molecule has 0 saturated heterocycles. The Bertz CT molecular complexity index is 495. The van der Waals surface area contributed by atoms with E-state index in [4.69, 9.17) is 0 Å². The van der Waals surface area contributed by atoms with Gasteiger partial charge in [-0.1, -0.05) is 6.92 Å². The fourth-order valence-corrected chi connectivity index (χ4v) is 7.61. The SMILES string of the molecule is CC12CC3CC(C1)CC(C(O)c1sccc1Br)(C3)C2. The third kappa shape index (κ3) is 1.88. The second-order valence-corrected chi connectivity index (χ2v) is 9.47. The summed E-state index contributed by atoms with van der Waals surface area (Å²) in [5.41, 5.74) is 0.682. The maximum absolute atomic E-state index is 11.1. The summed E-state index contributed by atoms with van der Waals surface area (Å²) in [4.78, 5) is 1.16. The summed E-state index contributed by atoms with van der Waals surface area (Å²) in [6, 6.07) is 2.07. The first-order chi connectivity index (χ1) is 9.00. The number of hydrogen-bond donors (Lipinski definition) is 1. The minimum Gasteiger partial charge on any atom is -0.387 e. The van der Waals surface area contributed by atoms with Crippen LogP contribution in [0, 0.1) is 22.7 Å². The number of hydrogen-bond acceptors (Lipinski definition) is 2. The van der Waals surface area contributed by atoms with Crippen molar-refractivity contribution in [2.45, 2.75) is 51.6 Å². The number of thiophene rings is 1. The van der Waals surface area contributed by atoms with Crippen molar-refractivity contribution in [3.63, 3.8) is 0 Å². The lowest BCUT2D eigenvalue weighted by molar-refractivity contribution is -0.154. The summed E-state index contributed by atoms with van der Waals surface area (Å²) in [6.45, 7) is 2.47. The lowest BCUT2D eigenvalue weighted by atomic mass is 9.43. The predicted molar refractivity (Wildman–Crippen MR) is 82.2 cm³/mol. The third-order valence-corrected chi connectivity index (χ3v) is 7.80. The molecular formula is C16H21BrOS. The maximum atomic E-state index is 11.1. The molecule has 104 valence electrons. The average molecular weight is 341 g/mol. The van der Waals surface area contributed by atoms with Crippen molar-refractivity contribution < 1.29 is 5.11 Å². The molecule has 1 heterocycles. The summed E-state index contributed by atoms with van der Waals surface area (Å²) >= 11 is 5.32. The Morgan fingerprint density at radius 2 is 2.00 bits per heavy atom. The average Bonchev–Trinajstić information content (AvgIpc) is 2.71. The van der Waals surface area contributed by atoms with Crippen LogP contribution in [0.2, 0.25) is 0 Å². The quantitative estimate of drug-likeness (QED) is 0.789. The highest BCUT2D eigenvalue weighted by Gasteiger charge is 2.58. The van der Waals surface area contributed by atoms with E-state index in [1.54, 1.807) is 11.3 Å². The molecule has 4 fully saturated rings. The minimum absolute atomic E-state index is 0.173. The first kappa shape index (κ1) is 12.8. The molecule has 1 nitrogen and oxygen atoms in total. The van der Waals surface area contributed by atoms with Crippen LogP contribution in [0.1, 0.15) is 56.4 Å². The van der Waals surface area contributed by atoms with Crippen LogP contribution in [-0.4, -0.2) is 5.11 Å². The van der Waals surface area contributed by atoms with Crippen LogP contribution in [0.4, 0.5) is 0 Å². The van der Waals surface area contributed by atoms with Gasteiger partial charge in [0.1, 0.15) is 0 Å². The lowest BCUT2D eigenvalue weighted by Crippen LogP contribution is -2.52. The number of rotatable bonds is 2. The first-order valence-corrected chi connectivity index (χ1v) is 9.08. The van der Waals surface area contributed by atoms with E-state index >= 15 is 0 Å². The van der Waals surface area contributed by atoms with Crippen molar-refractivity contribution in [2.24, 2.45) is 22.7 Å². The molecular weight excluding hydrogens is 320 g/mol. The van der Waals surface area contributed by atoms with Crippen LogP contribution in [0.25, 0.3) is 0 Å². The van der Waals surface area contributed by atoms with Crippen LogP contribution < -0.4 is 0 Å². The van der Waals surface area contributed by atoms with Crippen LogP contribution in [0.15, 0.2) is 15.9 Å². The fraction of sp³-hybridized carbons (Fsp3) is 0.750. The zero-order valence-corrected chi connectivity index (χ0v) is 13.8. The molecule has 19 heavy (non-hydrogen) atoms. The zero-order valence-electron chi connectivity index (χ0n) is 11.4. The third-order valence-electron chi connectivity index (χ3n) is 5.87. The topological polar surface area (TPSA) is 20.2 Å². The summed E-state index contributed by atoms with van der Waals surface area (Å²) < 4.78 is 1.10. The second kappa shape index (κ2) is 4.08. The van der Waals surface area contributed by atoms with Crippen molar-refractivity contribution in [1.29, 1.82) is 0 Å².